The second-order valence-electron chi connectivity index (χ2n) is 3.27. The number of rotatable bonds is 7. The van der Waals surface area contributed by atoms with Crippen molar-refractivity contribution in [2.75, 3.05) is 6.61 Å². The van der Waals surface area contributed by atoms with Crippen LogP contribution in [-0.2, 0) is 9.47 Å². The third-order valence-corrected chi connectivity index (χ3v) is 2.00. The molecule has 0 bridgehead atoms. The van der Waals surface area contributed by atoms with Crippen LogP contribution in [0.3, 0.4) is 0 Å². The fourth-order valence-corrected chi connectivity index (χ4v) is 1.03. The first-order valence-corrected chi connectivity index (χ1v) is 5.74. The summed E-state index contributed by atoms with van der Waals surface area (Å²) in [4.78, 5) is 0. The summed E-state index contributed by atoms with van der Waals surface area (Å²) < 4.78 is 33.5. The summed E-state index contributed by atoms with van der Waals surface area (Å²) in [5.41, 5.74) is 0. The zero-order valence-electron chi connectivity index (χ0n) is 10.4. The van der Waals surface area contributed by atoms with Crippen LogP contribution in [0.15, 0.2) is 36.8 Å². The SMILES string of the molecule is C=C/C(OCC1CC1)=C(\C=C)OC(F)F.CC. The fourth-order valence-electron chi connectivity index (χ4n) is 1.03. The molecule has 0 aromatic heterocycles. The lowest BCUT2D eigenvalue weighted by Gasteiger charge is -2.11. The van der Waals surface area contributed by atoms with Crippen molar-refractivity contribution in [2.45, 2.75) is 33.3 Å². The van der Waals surface area contributed by atoms with Crippen molar-refractivity contribution in [2.24, 2.45) is 5.92 Å². The highest BCUT2D eigenvalue weighted by Gasteiger charge is 2.22. The summed E-state index contributed by atoms with van der Waals surface area (Å²) in [7, 11) is 0. The molecule has 1 rings (SSSR count). The van der Waals surface area contributed by atoms with Crippen LogP contribution in [0, 0.1) is 5.92 Å². The van der Waals surface area contributed by atoms with E-state index in [9.17, 15) is 8.78 Å². The number of halogens is 2. The van der Waals surface area contributed by atoms with Gasteiger partial charge in [-0.3, -0.25) is 0 Å². The van der Waals surface area contributed by atoms with Gasteiger partial charge < -0.3 is 9.47 Å². The molecule has 1 aliphatic rings. The van der Waals surface area contributed by atoms with Gasteiger partial charge in [0, 0.05) is 0 Å². The third kappa shape index (κ3) is 6.76. The molecule has 1 aliphatic carbocycles. The molecular weight excluding hydrogens is 226 g/mol. The summed E-state index contributed by atoms with van der Waals surface area (Å²) in [5.74, 6) is 0.690. The average Bonchev–Trinajstić information content (AvgIpc) is 3.14. The molecule has 2 nitrogen and oxygen atoms in total. The lowest BCUT2D eigenvalue weighted by molar-refractivity contribution is -0.0955. The largest absolute Gasteiger partial charge is 0.489 e. The van der Waals surface area contributed by atoms with Crippen molar-refractivity contribution in [1.29, 1.82) is 0 Å². The van der Waals surface area contributed by atoms with Crippen LogP contribution in [0.5, 0.6) is 0 Å². The average molecular weight is 246 g/mol. The monoisotopic (exact) mass is 246 g/mol. The molecule has 0 heterocycles. The van der Waals surface area contributed by atoms with Gasteiger partial charge in [0.25, 0.3) is 0 Å². The molecule has 0 amide bonds. The van der Waals surface area contributed by atoms with E-state index >= 15 is 0 Å². The molecule has 0 spiro atoms. The number of allylic oxidation sites excluding steroid dienone is 2. The van der Waals surface area contributed by atoms with Crippen LogP contribution >= 0.6 is 0 Å². The van der Waals surface area contributed by atoms with Gasteiger partial charge in [-0.05, 0) is 30.9 Å². The predicted octanol–water partition coefficient (Wildman–Crippen LogP) is 4.26. The van der Waals surface area contributed by atoms with Gasteiger partial charge in [-0.1, -0.05) is 27.0 Å². The number of alkyl halides is 2. The molecule has 98 valence electrons. The Labute approximate surface area is 102 Å². The van der Waals surface area contributed by atoms with Gasteiger partial charge in [0.05, 0.1) is 6.61 Å². The first-order valence-electron chi connectivity index (χ1n) is 5.74. The Hall–Kier alpha value is -1.32. The van der Waals surface area contributed by atoms with E-state index in [0.29, 0.717) is 12.5 Å². The zero-order valence-corrected chi connectivity index (χ0v) is 10.4. The van der Waals surface area contributed by atoms with E-state index < -0.39 is 6.61 Å². The van der Waals surface area contributed by atoms with Crippen LogP contribution in [0.25, 0.3) is 0 Å². The molecule has 1 fully saturated rings. The summed E-state index contributed by atoms with van der Waals surface area (Å²) in [6.45, 7) is 8.50. The van der Waals surface area contributed by atoms with Crippen molar-refractivity contribution in [1.82, 2.24) is 0 Å². The van der Waals surface area contributed by atoms with Crippen molar-refractivity contribution in [3.63, 3.8) is 0 Å². The van der Waals surface area contributed by atoms with Crippen molar-refractivity contribution >= 4 is 0 Å². The maximum absolute atomic E-state index is 12.0. The van der Waals surface area contributed by atoms with E-state index in [1.165, 1.54) is 12.2 Å². The van der Waals surface area contributed by atoms with E-state index in [1.807, 2.05) is 13.8 Å². The third-order valence-electron chi connectivity index (χ3n) is 2.00. The normalized spacial score (nSPS) is 15.4. The van der Waals surface area contributed by atoms with Crippen molar-refractivity contribution in [3.05, 3.63) is 36.8 Å². The molecule has 0 saturated heterocycles. The smallest absolute Gasteiger partial charge is 0.387 e. The lowest BCUT2D eigenvalue weighted by Crippen LogP contribution is -2.03. The van der Waals surface area contributed by atoms with Crippen molar-refractivity contribution < 1.29 is 18.3 Å². The minimum atomic E-state index is -2.88. The Balaban J connectivity index is 0.00000121. The Kier molecular flexibility index (Phi) is 8.11. The molecule has 0 aliphatic heterocycles. The van der Waals surface area contributed by atoms with Gasteiger partial charge in [-0.25, -0.2) is 0 Å². The van der Waals surface area contributed by atoms with E-state index in [4.69, 9.17) is 4.74 Å². The van der Waals surface area contributed by atoms with Gasteiger partial charge in [0.2, 0.25) is 0 Å². The first kappa shape index (κ1) is 15.7. The number of hydrogen-bond donors (Lipinski definition) is 0. The van der Waals surface area contributed by atoms with E-state index in [0.717, 1.165) is 12.8 Å². The van der Waals surface area contributed by atoms with Crippen LogP contribution < -0.4 is 0 Å². The second-order valence-corrected chi connectivity index (χ2v) is 3.27. The highest BCUT2D eigenvalue weighted by Crippen LogP contribution is 2.30. The van der Waals surface area contributed by atoms with Crippen LogP contribution in [0.1, 0.15) is 26.7 Å². The molecule has 0 aromatic rings. The Morgan fingerprint density at radius 3 is 2.12 bits per heavy atom. The molecule has 0 atom stereocenters. The molecular formula is C13H20F2O2. The van der Waals surface area contributed by atoms with Gasteiger partial charge in [-0.15, -0.1) is 0 Å². The number of ether oxygens (including phenoxy) is 2. The minimum Gasteiger partial charge on any atom is -0.489 e. The van der Waals surface area contributed by atoms with Gasteiger partial charge >= 0.3 is 6.61 Å². The summed E-state index contributed by atoms with van der Waals surface area (Å²) in [6.07, 6.45) is 4.80. The summed E-state index contributed by atoms with van der Waals surface area (Å²) in [5, 5.41) is 0. The predicted molar refractivity (Wildman–Crippen MR) is 64.5 cm³/mol. The highest BCUT2D eigenvalue weighted by atomic mass is 19.3. The summed E-state index contributed by atoms with van der Waals surface area (Å²) in [6, 6.07) is 0. The second kappa shape index (κ2) is 8.79. The molecule has 1 saturated carbocycles. The molecule has 0 unspecified atom stereocenters. The van der Waals surface area contributed by atoms with Crippen LogP contribution in [-0.4, -0.2) is 13.2 Å². The Bertz CT molecular complexity index is 269. The first-order chi connectivity index (χ1) is 8.17. The van der Waals surface area contributed by atoms with E-state index in [-0.39, 0.29) is 11.5 Å². The maximum atomic E-state index is 12.0. The molecule has 0 radical (unpaired) electrons. The van der Waals surface area contributed by atoms with E-state index in [1.54, 1.807) is 0 Å². The van der Waals surface area contributed by atoms with Crippen LogP contribution in [0.4, 0.5) is 8.78 Å². The van der Waals surface area contributed by atoms with Gasteiger partial charge in [0.1, 0.15) is 0 Å². The fraction of sp³-hybridized carbons (Fsp3) is 0.538. The standard InChI is InChI=1S/C11H14F2O2.C2H6/c1-3-9(14-7-8-5-6-8)10(4-2)15-11(12)13;1-2/h3-4,8,11H,1-2,5-7H2;1-2H3/b10-9-;. The quantitative estimate of drug-likeness (QED) is 0.493. The molecule has 17 heavy (non-hydrogen) atoms. The van der Waals surface area contributed by atoms with E-state index in [2.05, 4.69) is 17.9 Å². The molecule has 0 N–H and O–H groups in total. The van der Waals surface area contributed by atoms with Gasteiger partial charge in [-0.2, -0.15) is 8.78 Å². The molecule has 4 heteroatoms. The van der Waals surface area contributed by atoms with Crippen molar-refractivity contribution in [3.8, 4) is 0 Å². The minimum absolute atomic E-state index is 0.0688. The topological polar surface area (TPSA) is 18.5 Å². The number of hydrogen-bond acceptors (Lipinski definition) is 2. The lowest BCUT2D eigenvalue weighted by atomic mass is 10.3. The summed E-state index contributed by atoms with van der Waals surface area (Å²) >= 11 is 0. The zero-order chi connectivity index (χ0) is 13.3. The molecule has 0 aromatic carbocycles. The Morgan fingerprint density at radius 1 is 1.24 bits per heavy atom. The Morgan fingerprint density at radius 2 is 1.76 bits per heavy atom. The maximum Gasteiger partial charge on any atom is 0.387 e. The highest BCUT2D eigenvalue weighted by molar-refractivity contribution is 5.22. The van der Waals surface area contributed by atoms with Crippen LogP contribution in [0.2, 0.25) is 0 Å². The van der Waals surface area contributed by atoms with Gasteiger partial charge in [0.15, 0.2) is 11.5 Å².